The molecule has 1 aliphatic heterocycles. The van der Waals surface area contributed by atoms with E-state index in [9.17, 15) is 22.8 Å². The van der Waals surface area contributed by atoms with E-state index in [0.717, 1.165) is 12.1 Å². The molecule has 9 heteroatoms. The zero-order chi connectivity index (χ0) is 20.6. The van der Waals surface area contributed by atoms with Crippen LogP contribution in [0.15, 0.2) is 52.1 Å². The number of halogens is 3. The van der Waals surface area contributed by atoms with Crippen LogP contribution in [0.25, 0.3) is 11.3 Å². The molecule has 2 aromatic rings. The van der Waals surface area contributed by atoms with Crippen molar-refractivity contribution in [1.29, 1.82) is 0 Å². The first-order chi connectivity index (χ1) is 13.1. The maximum Gasteiger partial charge on any atom is 0.416 e. The summed E-state index contributed by atoms with van der Waals surface area (Å²) in [5.41, 5.74) is -0.0191. The molecular weight excluding hydrogens is 377 g/mol. The summed E-state index contributed by atoms with van der Waals surface area (Å²) in [4.78, 5) is 25.6. The van der Waals surface area contributed by atoms with Gasteiger partial charge in [0.05, 0.1) is 18.2 Å². The minimum atomic E-state index is -4.48. The van der Waals surface area contributed by atoms with Crippen LogP contribution in [-0.4, -0.2) is 31.1 Å². The number of carbonyl (C=O) groups excluding carboxylic acids is 2. The Morgan fingerprint density at radius 2 is 1.96 bits per heavy atom. The fourth-order valence-electron chi connectivity index (χ4n) is 2.94. The molecule has 1 atom stereocenters. The molecule has 0 unspecified atom stereocenters. The van der Waals surface area contributed by atoms with Gasteiger partial charge in [-0.25, -0.2) is 9.59 Å². The summed E-state index contributed by atoms with van der Waals surface area (Å²) < 4.78 is 49.3. The predicted octanol–water partition coefficient (Wildman–Crippen LogP) is 4.11. The minimum Gasteiger partial charge on any atom is -0.466 e. The molecule has 0 saturated heterocycles. The van der Waals surface area contributed by atoms with Gasteiger partial charge in [0.2, 0.25) is 0 Å². The number of nitrogens with zero attached hydrogens (tertiary/aromatic N) is 1. The van der Waals surface area contributed by atoms with Crippen molar-refractivity contribution >= 4 is 12.0 Å². The lowest BCUT2D eigenvalue weighted by Crippen LogP contribution is -2.46. The zero-order valence-corrected chi connectivity index (χ0v) is 15.3. The highest BCUT2D eigenvalue weighted by atomic mass is 19.4. The number of carbonyl (C=O) groups is 2. The highest BCUT2D eigenvalue weighted by Crippen LogP contribution is 2.36. The summed E-state index contributed by atoms with van der Waals surface area (Å²) in [5.74, 6) is -0.267. The Bertz CT molecular complexity index is 962. The second-order valence-electron chi connectivity index (χ2n) is 6.21. The molecule has 0 aliphatic carbocycles. The summed E-state index contributed by atoms with van der Waals surface area (Å²) in [7, 11) is 2.71. The normalized spacial score (nSPS) is 17.6. The van der Waals surface area contributed by atoms with Crippen molar-refractivity contribution < 1.29 is 31.9 Å². The van der Waals surface area contributed by atoms with Gasteiger partial charge in [0.25, 0.3) is 0 Å². The van der Waals surface area contributed by atoms with E-state index in [4.69, 9.17) is 9.15 Å². The van der Waals surface area contributed by atoms with E-state index in [-0.39, 0.29) is 22.7 Å². The number of amides is 2. The van der Waals surface area contributed by atoms with Crippen molar-refractivity contribution in [2.75, 3.05) is 14.2 Å². The van der Waals surface area contributed by atoms with Crippen LogP contribution in [0.3, 0.4) is 0 Å². The van der Waals surface area contributed by atoms with E-state index < -0.39 is 29.8 Å². The van der Waals surface area contributed by atoms with E-state index >= 15 is 0 Å². The van der Waals surface area contributed by atoms with Crippen molar-refractivity contribution in [2.45, 2.75) is 19.1 Å². The van der Waals surface area contributed by atoms with Gasteiger partial charge in [-0.2, -0.15) is 13.2 Å². The molecule has 0 spiro atoms. The number of furan rings is 1. The van der Waals surface area contributed by atoms with Crippen molar-refractivity contribution in [2.24, 2.45) is 0 Å². The van der Waals surface area contributed by atoms with Gasteiger partial charge < -0.3 is 19.4 Å². The Balaban J connectivity index is 2.01. The number of benzene rings is 1. The Morgan fingerprint density at radius 1 is 1.25 bits per heavy atom. The topological polar surface area (TPSA) is 71.8 Å². The zero-order valence-electron chi connectivity index (χ0n) is 15.3. The summed E-state index contributed by atoms with van der Waals surface area (Å²) >= 11 is 0. The molecule has 6 nitrogen and oxygen atoms in total. The molecule has 2 heterocycles. The number of hydrogen-bond donors (Lipinski definition) is 1. The number of esters is 1. The van der Waals surface area contributed by atoms with Crippen LogP contribution in [0.2, 0.25) is 0 Å². The van der Waals surface area contributed by atoms with E-state index in [0.29, 0.717) is 5.70 Å². The van der Waals surface area contributed by atoms with Crippen LogP contribution in [0.5, 0.6) is 0 Å². The van der Waals surface area contributed by atoms with Crippen LogP contribution in [0, 0.1) is 0 Å². The van der Waals surface area contributed by atoms with Gasteiger partial charge in [-0.3, -0.25) is 0 Å². The van der Waals surface area contributed by atoms with Gasteiger partial charge in [0, 0.05) is 18.3 Å². The lowest BCUT2D eigenvalue weighted by atomic mass is 10.0. The first-order valence-electron chi connectivity index (χ1n) is 8.24. The Labute approximate surface area is 158 Å². The number of rotatable bonds is 3. The molecule has 1 aromatic carbocycles. The predicted molar refractivity (Wildman–Crippen MR) is 92.9 cm³/mol. The quantitative estimate of drug-likeness (QED) is 0.796. The summed E-state index contributed by atoms with van der Waals surface area (Å²) in [6.45, 7) is 1.59. The van der Waals surface area contributed by atoms with E-state index in [1.165, 1.54) is 43.3 Å². The third-order valence-electron chi connectivity index (χ3n) is 4.55. The fourth-order valence-corrected chi connectivity index (χ4v) is 2.94. The molecule has 148 valence electrons. The molecular formula is C19H17F3N2O4. The summed E-state index contributed by atoms with van der Waals surface area (Å²) in [6.07, 6.45) is -4.48. The van der Waals surface area contributed by atoms with Gasteiger partial charge in [-0.05, 0) is 31.2 Å². The number of hydrogen-bond acceptors (Lipinski definition) is 4. The highest BCUT2D eigenvalue weighted by Gasteiger charge is 2.36. The number of ether oxygens (including phenoxy) is 1. The van der Waals surface area contributed by atoms with Gasteiger partial charge in [-0.1, -0.05) is 12.1 Å². The largest absolute Gasteiger partial charge is 0.466 e. The fraction of sp³-hybridized carbons (Fsp3) is 0.263. The van der Waals surface area contributed by atoms with Crippen LogP contribution in [-0.2, 0) is 15.7 Å². The molecule has 0 radical (unpaired) electrons. The summed E-state index contributed by atoms with van der Waals surface area (Å²) in [5, 5.41) is 2.63. The van der Waals surface area contributed by atoms with Crippen molar-refractivity contribution in [3.8, 4) is 11.3 Å². The molecule has 28 heavy (non-hydrogen) atoms. The second kappa shape index (κ2) is 7.06. The molecule has 1 N–H and O–H groups in total. The molecule has 2 amide bonds. The first-order valence-corrected chi connectivity index (χ1v) is 8.24. The molecule has 0 fully saturated rings. The monoisotopic (exact) mass is 394 g/mol. The van der Waals surface area contributed by atoms with Gasteiger partial charge in [-0.15, -0.1) is 0 Å². The van der Waals surface area contributed by atoms with E-state index in [2.05, 4.69) is 5.32 Å². The highest BCUT2D eigenvalue weighted by molar-refractivity contribution is 5.94. The maximum atomic E-state index is 12.9. The Kier molecular flexibility index (Phi) is 4.93. The maximum absolute atomic E-state index is 12.9. The van der Waals surface area contributed by atoms with Crippen molar-refractivity contribution in [3.05, 3.63) is 59.0 Å². The average molecular weight is 394 g/mol. The lowest BCUT2D eigenvalue weighted by Gasteiger charge is -2.31. The number of alkyl halides is 3. The number of methoxy groups -OCH3 is 1. The van der Waals surface area contributed by atoms with E-state index in [1.807, 2.05) is 0 Å². The van der Waals surface area contributed by atoms with E-state index in [1.54, 1.807) is 6.92 Å². The standard InChI is InChI=1S/C19H17F3N2O4/c1-10-15(17(25)27-3)16(23-18(26)24(10)2)14-8-7-13(28-14)11-5-4-6-12(9-11)19(20,21)22/h4-9,16H,1-3H3,(H,23,26)/t16-/m1/s1. The first kappa shape index (κ1) is 19.5. The smallest absolute Gasteiger partial charge is 0.416 e. The van der Waals surface area contributed by atoms with Crippen molar-refractivity contribution in [3.63, 3.8) is 0 Å². The summed E-state index contributed by atoms with van der Waals surface area (Å²) in [6, 6.07) is 6.31. The van der Waals surface area contributed by atoms with Gasteiger partial charge >= 0.3 is 18.2 Å². The molecule has 3 rings (SSSR count). The Hall–Kier alpha value is -3.23. The van der Waals surface area contributed by atoms with Crippen LogP contribution >= 0.6 is 0 Å². The Morgan fingerprint density at radius 3 is 2.61 bits per heavy atom. The van der Waals surface area contributed by atoms with Crippen LogP contribution in [0.4, 0.5) is 18.0 Å². The number of nitrogens with one attached hydrogen (secondary N) is 1. The molecule has 1 aromatic heterocycles. The molecule has 0 saturated carbocycles. The number of allylic oxidation sites excluding steroid dienone is 1. The minimum absolute atomic E-state index is 0.176. The third-order valence-corrected chi connectivity index (χ3v) is 4.55. The van der Waals surface area contributed by atoms with Gasteiger partial charge in [0.1, 0.15) is 17.6 Å². The van der Waals surface area contributed by atoms with Crippen molar-refractivity contribution in [1.82, 2.24) is 10.2 Å². The van der Waals surface area contributed by atoms with Crippen LogP contribution in [0.1, 0.15) is 24.3 Å². The number of urea groups is 1. The van der Waals surface area contributed by atoms with Gasteiger partial charge in [0.15, 0.2) is 0 Å². The lowest BCUT2D eigenvalue weighted by molar-refractivity contribution is -0.138. The average Bonchev–Trinajstić information content (AvgIpc) is 3.15. The van der Waals surface area contributed by atoms with Crippen LogP contribution < -0.4 is 5.32 Å². The SMILES string of the molecule is COC(=O)C1=C(C)N(C)C(=O)N[C@@H]1c1ccc(-c2cccc(C(F)(F)F)c2)o1. The molecule has 0 bridgehead atoms. The second-order valence-corrected chi connectivity index (χ2v) is 6.21. The third kappa shape index (κ3) is 3.47. The molecule has 1 aliphatic rings.